The number of carboxylic acid groups (broad SMARTS) is 1. The number of carbonyl (C=O) groups excluding carboxylic acids is 1. The van der Waals surface area contributed by atoms with Crippen molar-refractivity contribution >= 4 is 11.9 Å². The van der Waals surface area contributed by atoms with E-state index in [9.17, 15) is 9.59 Å². The van der Waals surface area contributed by atoms with E-state index in [1.165, 1.54) is 0 Å². The second kappa shape index (κ2) is 8.29. The number of unbranched alkanes of at least 4 members (excludes halogenated alkanes) is 3. The molecule has 0 heterocycles. The lowest BCUT2D eigenvalue weighted by Crippen LogP contribution is -2.08. The second-order valence-electron chi connectivity index (χ2n) is 4.55. The molecule has 4 nitrogen and oxygen atoms in total. The van der Waals surface area contributed by atoms with Crippen molar-refractivity contribution < 1.29 is 19.4 Å². The van der Waals surface area contributed by atoms with Gasteiger partial charge < -0.3 is 9.84 Å². The second-order valence-corrected chi connectivity index (χ2v) is 4.55. The van der Waals surface area contributed by atoms with Gasteiger partial charge in [0.15, 0.2) is 0 Å². The van der Waals surface area contributed by atoms with E-state index in [2.05, 4.69) is 0 Å². The lowest BCUT2D eigenvalue weighted by molar-refractivity contribution is -0.137. The minimum Gasteiger partial charge on any atom is -0.481 e. The maximum absolute atomic E-state index is 11.6. The molecule has 0 saturated heterocycles. The zero-order chi connectivity index (χ0) is 14.1. The summed E-state index contributed by atoms with van der Waals surface area (Å²) in [6.07, 6.45) is 3.68. The maximum atomic E-state index is 11.6. The lowest BCUT2D eigenvalue weighted by atomic mass is 10.1. The third-order valence-electron chi connectivity index (χ3n) is 2.84. The average Bonchev–Trinajstić information content (AvgIpc) is 2.36. The first-order valence-corrected chi connectivity index (χ1v) is 6.57. The van der Waals surface area contributed by atoms with E-state index >= 15 is 0 Å². The van der Waals surface area contributed by atoms with Crippen molar-refractivity contribution in [2.75, 3.05) is 0 Å². The standard InChI is InChI=1S/C15H20O4/c1-12-8-6-7-9-13(12)19-15(18)11-5-3-2-4-10-14(16)17/h6-9H,2-5,10-11H2,1H3,(H,16,17). The van der Waals surface area contributed by atoms with Gasteiger partial charge in [-0.3, -0.25) is 9.59 Å². The topological polar surface area (TPSA) is 63.6 Å². The van der Waals surface area contributed by atoms with Crippen molar-refractivity contribution in [3.63, 3.8) is 0 Å². The van der Waals surface area contributed by atoms with Gasteiger partial charge in [-0.05, 0) is 31.4 Å². The number of hydrogen-bond donors (Lipinski definition) is 1. The summed E-state index contributed by atoms with van der Waals surface area (Å²) in [6, 6.07) is 7.41. The van der Waals surface area contributed by atoms with Crippen LogP contribution >= 0.6 is 0 Å². The predicted molar refractivity (Wildman–Crippen MR) is 72.2 cm³/mol. The number of aryl methyl sites for hydroxylation is 1. The van der Waals surface area contributed by atoms with E-state index < -0.39 is 5.97 Å². The summed E-state index contributed by atoms with van der Waals surface area (Å²) in [7, 11) is 0. The molecule has 0 amide bonds. The van der Waals surface area contributed by atoms with Gasteiger partial charge in [-0.15, -0.1) is 0 Å². The first-order valence-electron chi connectivity index (χ1n) is 6.57. The molecule has 1 N–H and O–H groups in total. The number of aliphatic carboxylic acids is 1. The third kappa shape index (κ3) is 6.60. The van der Waals surface area contributed by atoms with E-state index in [4.69, 9.17) is 9.84 Å². The van der Waals surface area contributed by atoms with Crippen LogP contribution < -0.4 is 4.74 Å². The Morgan fingerprint density at radius 3 is 2.32 bits per heavy atom. The third-order valence-corrected chi connectivity index (χ3v) is 2.84. The Kier molecular flexibility index (Phi) is 6.64. The van der Waals surface area contributed by atoms with E-state index in [0.29, 0.717) is 18.6 Å². The van der Waals surface area contributed by atoms with E-state index in [1.54, 1.807) is 6.07 Å². The molecular weight excluding hydrogens is 244 g/mol. The van der Waals surface area contributed by atoms with Gasteiger partial charge in [-0.25, -0.2) is 0 Å². The van der Waals surface area contributed by atoms with E-state index in [1.807, 2.05) is 25.1 Å². The number of benzene rings is 1. The molecule has 0 bridgehead atoms. The molecule has 0 aliphatic carbocycles. The van der Waals surface area contributed by atoms with Crippen molar-refractivity contribution in [3.05, 3.63) is 29.8 Å². The highest BCUT2D eigenvalue weighted by Gasteiger charge is 2.06. The molecule has 1 aromatic rings. The van der Waals surface area contributed by atoms with Gasteiger partial charge in [0.2, 0.25) is 0 Å². The Labute approximate surface area is 113 Å². The molecule has 0 aromatic heterocycles. The molecular formula is C15H20O4. The van der Waals surface area contributed by atoms with Crippen LogP contribution in [0.25, 0.3) is 0 Å². The van der Waals surface area contributed by atoms with Crippen LogP contribution in [-0.2, 0) is 9.59 Å². The van der Waals surface area contributed by atoms with Crippen LogP contribution in [0.3, 0.4) is 0 Å². The Morgan fingerprint density at radius 1 is 1.05 bits per heavy atom. The monoisotopic (exact) mass is 264 g/mol. The van der Waals surface area contributed by atoms with Crippen molar-refractivity contribution in [1.29, 1.82) is 0 Å². The predicted octanol–water partition coefficient (Wildman–Crippen LogP) is 3.33. The summed E-state index contributed by atoms with van der Waals surface area (Å²) in [5.74, 6) is -0.384. The number of esters is 1. The molecule has 0 aliphatic heterocycles. The minimum atomic E-state index is -0.765. The van der Waals surface area contributed by atoms with E-state index in [0.717, 1.165) is 24.8 Å². The molecule has 0 aliphatic rings. The van der Waals surface area contributed by atoms with Crippen LogP contribution in [0.1, 0.15) is 44.1 Å². The Morgan fingerprint density at radius 2 is 1.68 bits per heavy atom. The summed E-state index contributed by atoms with van der Waals surface area (Å²) < 4.78 is 5.26. The molecule has 1 rings (SSSR count). The van der Waals surface area contributed by atoms with Crippen LogP contribution in [0.5, 0.6) is 5.75 Å². The lowest BCUT2D eigenvalue weighted by Gasteiger charge is -2.06. The molecule has 19 heavy (non-hydrogen) atoms. The highest BCUT2D eigenvalue weighted by Crippen LogP contribution is 2.17. The van der Waals surface area contributed by atoms with Crippen molar-refractivity contribution in [3.8, 4) is 5.75 Å². The van der Waals surface area contributed by atoms with Gasteiger partial charge in [0.1, 0.15) is 5.75 Å². The van der Waals surface area contributed by atoms with Crippen molar-refractivity contribution in [2.45, 2.75) is 45.4 Å². The fourth-order valence-corrected chi connectivity index (χ4v) is 1.74. The quantitative estimate of drug-likeness (QED) is 0.444. The molecule has 4 heteroatoms. The molecule has 1 aromatic carbocycles. The molecule has 0 fully saturated rings. The molecule has 104 valence electrons. The zero-order valence-electron chi connectivity index (χ0n) is 11.2. The Balaban J connectivity index is 2.15. The number of carbonyl (C=O) groups is 2. The van der Waals surface area contributed by atoms with Crippen LogP contribution in [0.2, 0.25) is 0 Å². The summed E-state index contributed by atoms with van der Waals surface area (Å²) in [5.41, 5.74) is 0.942. The van der Waals surface area contributed by atoms with Gasteiger partial charge in [0.05, 0.1) is 0 Å². The number of para-hydroxylation sites is 1. The number of rotatable bonds is 8. The normalized spacial score (nSPS) is 10.2. The minimum absolute atomic E-state index is 0.202. The van der Waals surface area contributed by atoms with Gasteiger partial charge in [-0.2, -0.15) is 0 Å². The Bertz CT molecular complexity index is 426. The molecule has 0 unspecified atom stereocenters. The van der Waals surface area contributed by atoms with Gasteiger partial charge in [-0.1, -0.05) is 31.0 Å². The first-order chi connectivity index (χ1) is 9.09. The number of ether oxygens (including phenoxy) is 1. The molecule has 0 atom stereocenters. The van der Waals surface area contributed by atoms with Crippen LogP contribution in [0.4, 0.5) is 0 Å². The largest absolute Gasteiger partial charge is 0.481 e. The number of hydrogen-bond acceptors (Lipinski definition) is 3. The Hall–Kier alpha value is -1.84. The fraction of sp³-hybridized carbons (Fsp3) is 0.467. The summed E-state index contributed by atoms with van der Waals surface area (Å²) in [4.78, 5) is 21.9. The maximum Gasteiger partial charge on any atom is 0.311 e. The summed E-state index contributed by atoms with van der Waals surface area (Å²) >= 11 is 0. The van der Waals surface area contributed by atoms with E-state index in [-0.39, 0.29) is 12.4 Å². The van der Waals surface area contributed by atoms with Crippen molar-refractivity contribution in [1.82, 2.24) is 0 Å². The molecule has 0 radical (unpaired) electrons. The van der Waals surface area contributed by atoms with Crippen LogP contribution in [-0.4, -0.2) is 17.0 Å². The molecule has 0 saturated carbocycles. The van der Waals surface area contributed by atoms with Gasteiger partial charge in [0.25, 0.3) is 0 Å². The van der Waals surface area contributed by atoms with Gasteiger partial charge >= 0.3 is 11.9 Å². The molecule has 0 spiro atoms. The summed E-state index contributed by atoms with van der Waals surface area (Å²) in [6.45, 7) is 1.90. The van der Waals surface area contributed by atoms with Gasteiger partial charge in [0, 0.05) is 12.8 Å². The zero-order valence-corrected chi connectivity index (χ0v) is 11.2. The highest BCUT2D eigenvalue weighted by molar-refractivity contribution is 5.72. The smallest absolute Gasteiger partial charge is 0.311 e. The van der Waals surface area contributed by atoms with Crippen molar-refractivity contribution in [2.24, 2.45) is 0 Å². The average molecular weight is 264 g/mol. The SMILES string of the molecule is Cc1ccccc1OC(=O)CCCCCCC(=O)O. The highest BCUT2D eigenvalue weighted by atomic mass is 16.5. The summed E-state index contributed by atoms with van der Waals surface area (Å²) in [5, 5.41) is 8.47. The van der Waals surface area contributed by atoms with Crippen LogP contribution in [0, 0.1) is 6.92 Å². The first kappa shape index (κ1) is 15.2. The number of carboxylic acids is 1. The fourth-order valence-electron chi connectivity index (χ4n) is 1.74. The van der Waals surface area contributed by atoms with Crippen LogP contribution in [0.15, 0.2) is 24.3 Å².